The summed E-state index contributed by atoms with van der Waals surface area (Å²) >= 11 is 0. The first kappa shape index (κ1) is 21.1. The van der Waals surface area contributed by atoms with Crippen molar-refractivity contribution in [2.45, 2.75) is 62.8 Å². The number of piperidine rings is 1. The molecule has 2 aliphatic heterocycles. The highest BCUT2D eigenvalue weighted by Crippen LogP contribution is 2.35. The number of carbonyl (C=O) groups is 3. The Bertz CT molecular complexity index is 757. The van der Waals surface area contributed by atoms with Gasteiger partial charge in [0, 0.05) is 37.9 Å². The Morgan fingerprint density at radius 3 is 2.52 bits per heavy atom. The summed E-state index contributed by atoms with van der Waals surface area (Å²) < 4.78 is 5.47. The van der Waals surface area contributed by atoms with Gasteiger partial charge in [0.15, 0.2) is 0 Å². The molecule has 2 N–H and O–H groups in total. The molecule has 7 nitrogen and oxygen atoms in total. The molecule has 1 aromatic rings. The van der Waals surface area contributed by atoms with E-state index in [-0.39, 0.29) is 18.2 Å². The molecule has 0 bridgehead atoms. The topological polar surface area (TPSA) is 95.9 Å². The van der Waals surface area contributed by atoms with Gasteiger partial charge in [-0.05, 0) is 49.7 Å². The maximum Gasteiger partial charge on any atom is 0.303 e. The number of nitrogens with one attached hydrogen (secondary N) is 1. The van der Waals surface area contributed by atoms with Crippen molar-refractivity contribution in [1.82, 2.24) is 10.2 Å². The van der Waals surface area contributed by atoms with Gasteiger partial charge in [0.25, 0.3) is 0 Å². The van der Waals surface area contributed by atoms with Gasteiger partial charge in [-0.2, -0.15) is 0 Å². The van der Waals surface area contributed by atoms with Crippen LogP contribution in [0.1, 0.15) is 62.8 Å². The molecule has 2 saturated heterocycles. The summed E-state index contributed by atoms with van der Waals surface area (Å²) in [5.74, 6) is 0.427. The van der Waals surface area contributed by atoms with Crippen molar-refractivity contribution in [2.24, 2.45) is 0 Å². The molecule has 0 aliphatic carbocycles. The molecule has 2 aliphatic rings. The first-order chi connectivity index (χ1) is 13.9. The summed E-state index contributed by atoms with van der Waals surface area (Å²) in [6, 6.07) is 8.04. The van der Waals surface area contributed by atoms with Gasteiger partial charge in [-0.3, -0.25) is 14.4 Å². The number of benzene rings is 1. The molecule has 1 aromatic carbocycles. The number of ether oxygens (including phenoxy) is 1. The van der Waals surface area contributed by atoms with E-state index in [1.54, 1.807) is 7.11 Å². The van der Waals surface area contributed by atoms with Crippen molar-refractivity contribution in [2.75, 3.05) is 20.2 Å². The molecule has 29 heavy (non-hydrogen) atoms. The van der Waals surface area contributed by atoms with Gasteiger partial charge in [-0.1, -0.05) is 18.2 Å². The molecule has 0 aromatic heterocycles. The van der Waals surface area contributed by atoms with Crippen LogP contribution >= 0.6 is 0 Å². The van der Waals surface area contributed by atoms with Gasteiger partial charge in [0.05, 0.1) is 7.11 Å². The summed E-state index contributed by atoms with van der Waals surface area (Å²) in [7, 11) is 1.68. The molecular weight excluding hydrogens is 372 g/mol. The number of carbonyl (C=O) groups excluding carboxylic acids is 2. The lowest BCUT2D eigenvalue weighted by Crippen LogP contribution is -2.44. The van der Waals surface area contributed by atoms with Crippen LogP contribution in [-0.2, 0) is 14.4 Å². The van der Waals surface area contributed by atoms with Crippen LogP contribution in [0.3, 0.4) is 0 Å². The molecule has 1 atom stereocenters. The van der Waals surface area contributed by atoms with E-state index in [1.807, 2.05) is 23.1 Å². The van der Waals surface area contributed by atoms with Crippen LogP contribution < -0.4 is 10.1 Å². The van der Waals surface area contributed by atoms with E-state index in [2.05, 4.69) is 11.4 Å². The van der Waals surface area contributed by atoms with E-state index in [4.69, 9.17) is 9.84 Å². The molecular formula is C22H30N2O5. The zero-order valence-electron chi connectivity index (χ0n) is 17.0. The van der Waals surface area contributed by atoms with Crippen molar-refractivity contribution in [3.63, 3.8) is 0 Å². The fourth-order valence-electron chi connectivity index (χ4n) is 4.57. The third-order valence-corrected chi connectivity index (χ3v) is 6.30. The summed E-state index contributed by atoms with van der Waals surface area (Å²) in [4.78, 5) is 37.3. The van der Waals surface area contributed by atoms with Crippen LogP contribution in [0.4, 0.5) is 0 Å². The van der Waals surface area contributed by atoms with Gasteiger partial charge in [0.2, 0.25) is 11.8 Å². The normalized spacial score (nSPS) is 22.4. The van der Waals surface area contributed by atoms with E-state index in [9.17, 15) is 14.4 Å². The standard InChI is InChI=1S/C22H30N2O5/c1-29-18-5-3-2-4-17(18)16-9-14-24(15-10-16)20(26)7-12-22(13-8-21(27)28)11-6-19(25)23-22/h2-5,16H,6-15H2,1H3,(H,23,25)(H,27,28)/t22-/m0/s1. The molecule has 0 radical (unpaired) electrons. The molecule has 3 rings (SSSR count). The Morgan fingerprint density at radius 1 is 1.21 bits per heavy atom. The second-order valence-electron chi connectivity index (χ2n) is 8.12. The second-order valence-corrected chi connectivity index (χ2v) is 8.12. The van der Waals surface area contributed by atoms with Gasteiger partial charge >= 0.3 is 5.97 Å². The summed E-state index contributed by atoms with van der Waals surface area (Å²) in [6.07, 6.45) is 3.99. The van der Waals surface area contributed by atoms with Crippen molar-refractivity contribution >= 4 is 17.8 Å². The lowest BCUT2D eigenvalue weighted by molar-refractivity contribution is -0.137. The SMILES string of the molecule is COc1ccccc1C1CCN(C(=O)CC[C@]2(CCC(=O)O)CCC(=O)N2)CC1. The Kier molecular flexibility index (Phi) is 6.77. The largest absolute Gasteiger partial charge is 0.496 e. The molecule has 0 saturated carbocycles. The maximum absolute atomic E-state index is 12.8. The van der Waals surface area contributed by atoms with Crippen molar-refractivity contribution in [3.05, 3.63) is 29.8 Å². The number of aliphatic carboxylic acids is 1. The van der Waals surface area contributed by atoms with Crippen molar-refractivity contribution in [1.29, 1.82) is 0 Å². The Labute approximate surface area is 171 Å². The summed E-state index contributed by atoms with van der Waals surface area (Å²) in [5.41, 5.74) is 0.643. The van der Waals surface area contributed by atoms with Crippen LogP contribution in [0.5, 0.6) is 5.75 Å². The summed E-state index contributed by atoms with van der Waals surface area (Å²) in [5, 5.41) is 11.9. The van der Waals surface area contributed by atoms with Crippen LogP contribution in [0.2, 0.25) is 0 Å². The van der Waals surface area contributed by atoms with Crippen LogP contribution in [0, 0.1) is 0 Å². The highest BCUT2D eigenvalue weighted by Gasteiger charge is 2.38. The quantitative estimate of drug-likeness (QED) is 0.697. The minimum absolute atomic E-state index is 0.00122. The van der Waals surface area contributed by atoms with Crippen molar-refractivity contribution in [3.8, 4) is 5.75 Å². The van der Waals surface area contributed by atoms with Crippen molar-refractivity contribution < 1.29 is 24.2 Å². The zero-order chi connectivity index (χ0) is 20.9. The number of hydrogen-bond acceptors (Lipinski definition) is 4. The first-order valence-corrected chi connectivity index (χ1v) is 10.4. The number of rotatable bonds is 8. The van der Waals surface area contributed by atoms with E-state index in [1.165, 1.54) is 5.56 Å². The lowest BCUT2D eigenvalue weighted by Gasteiger charge is -2.34. The lowest BCUT2D eigenvalue weighted by atomic mass is 9.86. The average Bonchev–Trinajstić information content (AvgIpc) is 3.12. The molecule has 158 valence electrons. The Hall–Kier alpha value is -2.57. The predicted molar refractivity (Wildman–Crippen MR) is 108 cm³/mol. The smallest absolute Gasteiger partial charge is 0.303 e. The van der Waals surface area contributed by atoms with E-state index in [0.29, 0.717) is 51.1 Å². The molecule has 2 amide bonds. The van der Waals surface area contributed by atoms with Gasteiger partial charge < -0.3 is 20.1 Å². The second kappa shape index (κ2) is 9.29. The van der Waals surface area contributed by atoms with E-state index in [0.717, 1.165) is 18.6 Å². The van der Waals surface area contributed by atoms with Crippen LogP contribution in [0.25, 0.3) is 0 Å². The fraction of sp³-hybridized carbons (Fsp3) is 0.591. The predicted octanol–water partition coefficient (Wildman–Crippen LogP) is 2.70. The number of amides is 2. The highest BCUT2D eigenvalue weighted by atomic mass is 16.5. The van der Waals surface area contributed by atoms with Gasteiger partial charge in [0.1, 0.15) is 5.75 Å². The number of hydrogen-bond donors (Lipinski definition) is 2. The average molecular weight is 402 g/mol. The fourth-order valence-corrected chi connectivity index (χ4v) is 4.57. The monoisotopic (exact) mass is 402 g/mol. The summed E-state index contributed by atoms with van der Waals surface area (Å²) in [6.45, 7) is 1.41. The maximum atomic E-state index is 12.8. The Balaban J connectivity index is 1.52. The number of likely N-dealkylation sites (tertiary alicyclic amines) is 1. The third-order valence-electron chi connectivity index (χ3n) is 6.30. The van der Waals surface area contributed by atoms with Crippen LogP contribution in [0.15, 0.2) is 24.3 Å². The van der Waals surface area contributed by atoms with E-state index >= 15 is 0 Å². The number of carboxylic acid groups (broad SMARTS) is 1. The minimum Gasteiger partial charge on any atom is -0.496 e. The number of nitrogens with zero attached hydrogens (tertiary/aromatic N) is 1. The Morgan fingerprint density at radius 2 is 1.90 bits per heavy atom. The molecule has 0 unspecified atom stereocenters. The van der Waals surface area contributed by atoms with Gasteiger partial charge in [-0.25, -0.2) is 0 Å². The van der Waals surface area contributed by atoms with E-state index < -0.39 is 11.5 Å². The molecule has 2 heterocycles. The first-order valence-electron chi connectivity index (χ1n) is 10.4. The molecule has 0 spiro atoms. The molecule has 2 fully saturated rings. The number of carboxylic acids is 1. The van der Waals surface area contributed by atoms with Crippen LogP contribution in [-0.4, -0.2) is 53.5 Å². The minimum atomic E-state index is -0.879. The highest BCUT2D eigenvalue weighted by molar-refractivity contribution is 5.80. The number of methoxy groups -OCH3 is 1. The van der Waals surface area contributed by atoms with Gasteiger partial charge in [-0.15, -0.1) is 0 Å². The zero-order valence-corrected chi connectivity index (χ0v) is 17.0. The number of para-hydroxylation sites is 1. The molecule has 7 heteroatoms. The third kappa shape index (κ3) is 5.28.